The lowest BCUT2D eigenvalue weighted by Crippen LogP contribution is -2.51. The van der Waals surface area contributed by atoms with Gasteiger partial charge in [-0.15, -0.1) is 0 Å². The van der Waals surface area contributed by atoms with Crippen LogP contribution in [0.25, 0.3) is 0 Å². The van der Waals surface area contributed by atoms with Crippen LogP contribution in [-0.4, -0.2) is 18.1 Å². The number of hydrogen-bond acceptors (Lipinski definition) is 2. The average Bonchev–Trinajstić information content (AvgIpc) is 2.35. The number of nitrogens with zero attached hydrogens (tertiary/aromatic N) is 1. The highest BCUT2D eigenvalue weighted by molar-refractivity contribution is 6.31. The third kappa shape index (κ3) is 3.22. The van der Waals surface area contributed by atoms with Gasteiger partial charge in [0.05, 0.1) is 0 Å². The Kier molecular flexibility index (Phi) is 4.89. The zero-order valence-corrected chi connectivity index (χ0v) is 15.0. The molecule has 1 aromatic carbocycles. The van der Waals surface area contributed by atoms with Gasteiger partial charge in [0.15, 0.2) is 0 Å². The van der Waals surface area contributed by atoms with Crippen LogP contribution in [-0.2, 0) is 6.54 Å². The van der Waals surface area contributed by atoms with Crippen molar-refractivity contribution in [2.75, 3.05) is 11.4 Å². The second-order valence-corrected chi connectivity index (χ2v) is 7.57. The summed E-state index contributed by atoms with van der Waals surface area (Å²) in [5.74, 6) is 0.572. The van der Waals surface area contributed by atoms with Gasteiger partial charge in [-0.1, -0.05) is 31.5 Å². The van der Waals surface area contributed by atoms with E-state index >= 15 is 0 Å². The van der Waals surface area contributed by atoms with E-state index in [4.69, 9.17) is 11.6 Å². The molecule has 21 heavy (non-hydrogen) atoms. The predicted molar refractivity (Wildman–Crippen MR) is 93.6 cm³/mol. The van der Waals surface area contributed by atoms with Gasteiger partial charge in [-0.25, -0.2) is 0 Å². The molecule has 1 aliphatic heterocycles. The third-order valence-electron chi connectivity index (χ3n) is 4.53. The monoisotopic (exact) mass is 308 g/mol. The minimum Gasteiger partial charge on any atom is -0.364 e. The summed E-state index contributed by atoms with van der Waals surface area (Å²) in [4.78, 5) is 2.53. The standard InChI is InChI=1S/C18H29ClN2/c1-7-20-11-14-8-15-13(4)10-18(5,6)21(12(2)3)17(15)9-16(14)19/h8-9,12-13,20H,7,10-11H2,1-6H3/t13-/m0/s1. The average molecular weight is 309 g/mol. The minimum atomic E-state index is 0.174. The molecule has 1 atom stereocenters. The summed E-state index contributed by atoms with van der Waals surface area (Å²) in [5, 5.41) is 4.26. The molecule has 3 heteroatoms. The lowest BCUT2D eigenvalue weighted by Gasteiger charge is -2.50. The van der Waals surface area contributed by atoms with Crippen molar-refractivity contribution in [3.05, 3.63) is 28.3 Å². The predicted octanol–water partition coefficient (Wildman–Crippen LogP) is 4.95. The molecule has 1 N–H and O–H groups in total. The lowest BCUT2D eigenvalue weighted by atomic mass is 9.79. The van der Waals surface area contributed by atoms with E-state index in [0.717, 1.165) is 18.1 Å². The van der Waals surface area contributed by atoms with Gasteiger partial charge in [-0.3, -0.25) is 0 Å². The molecule has 0 bridgehead atoms. The molecule has 0 aromatic heterocycles. The second-order valence-electron chi connectivity index (χ2n) is 7.16. The summed E-state index contributed by atoms with van der Waals surface area (Å²) in [6, 6.07) is 4.97. The fraction of sp³-hybridized carbons (Fsp3) is 0.667. The summed E-state index contributed by atoms with van der Waals surface area (Å²) >= 11 is 6.54. The molecule has 0 amide bonds. The Morgan fingerprint density at radius 2 is 2.05 bits per heavy atom. The maximum atomic E-state index is 6.54. The molecule has 0 saturated carbocycles. The molecular formula is C18H29ClN2. The Hall–Kier alpha value is -0.730. The minimum absolute atomic E-state index is 0.174. The first-order chi connectivity index (χ1) is 9.77. The summed E-state index contributed by atoms with van der Waals surface area (Å²) in [5.41, 5.74) is 4.15. The lowest BCUT2D eigenvalue weighted by molar-refractivity contribution is 0.356. The maximum absolute atomic E-state index is 6.54. The SMILES string of the molecule is CCNCc1cc2c(cc1Cl)N(C(C)C)C(C)(C)C[C@@H]2C. The molecule has 0 unspecified atom stereocenters. The Morgan fingerprint density at radius 1 is 1.38 bits per heavy atom. The number of benzene rings is 1. The number of halogens is 1. The molecule has 2 rings (SSSR count). The van der Waals surface area contributed by atoms with Gasteiger partial charge in [0, 0.05) is 28.8 Å². The Balaban J connectivity index is 2.50. The van der Waals surface area contributed by atoms with Gasteiger partial charge in [-0.2, -0.15) is 0 Å². The Morgan fingerprint density at radius 3 is 2.62 bits per heavy atom. The summed E-state index contributed by atoms with van der Waals surface area (Å²) in [7, 11) is 0. The number of fused-ring (bicyclic) bond motifs is 1. The normalized spacial score (nSPS) is 20.8. The van der Waals surface area contributed by atoms with Crippen molar-refractivity contribution in [1.29, 1.82) is 0 Å². The van der Waals surface area contributed by atoms with E-state index in [0.29, 0.717) is 12.0 Å². The molecule has 2 nitrogen and oxygen atoms in total. The zero-order chi connectivity index (χ0) is 15.8. The van der Waals surface area contributed by atoms with Crippen molar-refractivity contribution in [1.82, 2.24) is 5.32 Å². The summed E-state index contributed by atoms with van der Waals surface area (Å²) in [6.07, 6.45) is 1.18. The van der Waals surface area contributed by atoms with Gasteiger partial charge >= 0.3 is 0 Å². The van der Waals surface area contributed by atoms with E-state index in [-0.39, 0.29) is 5.54 Å². The van der Waals surface area contributed by atoms with Crippen LogP contribution in [0.3, 0.4) is 0 Å². The summed E-state index contributed by atoms with van der Waals surface area (Å²) in [6.45, 7) is 15.5. The van der Waals surface area contributed by atoms with Crippen LogP contribution < -0.4 is 10.2 Å². The van der Waals surface area contributed by atoms with E-state index in [2.05, 4.69) is 63.9 Å². The summed E-state index contributed by atoms with van der Waals surface area (Å²) < 4.78 is 0. The molecule has 1 aromatic rings. The van der Waals surface area contributed by atoms with Crippen LogP contribution in [0, 0.1) is 0 Å². The van der Waals surface area contributed by atoms with Crippen LogP contribution in [0.5, 0.6) is 0 Å². The molecule has 0 spiro atoms. The first-order valence-electron chi connectivity index (χ1n) is 8.10. The van der Waals surface area contributed by atoms with E-state index < -0.39 is 0 Å². The quantitative estimate of drug-likeness (QED) is 0.846. The maximum Gasteiger partial charge on any atom is 0.0471 e. The van der Waals surface area contributed by atoms with Gasteiger partial charge in [0.25, 0.3) is 0 Å². The first kappa shape index (κ1) is 16.6. The van der Waals surface area contributed by atoms with Crippen molar-refractivity contribution in [2.24, 2.45) is 0 Å². The Bertz CT molecular complexity index is 508. The van der Waals surface area contributed by atoms with E-state index in [1.807, 2.05) is 0 Å². The van der Waals surface area contributed by atoms with Crippen LogP contribution in [0.1, 0.15) is 65.0 Å². The fourth-order valence-electron chi connectivity index (χ4n) is 3.89. The van der Waals surface area contributed by atoms with Crippen LogP contribution >= 0.6 is 11.6 Å². The highest BCUT2D eigenvalue weighted by atomic mass is 35.5. The van der Waals surface area contributed by atoms with Crippen molar-refractivity contribution in [2.45, 2.75) is 72.0 Å². The van der Waals surface area contributed by atoms with Gasteiger partial charge in [0.1, 0.15) is 0 Å². The van der Waals surface area contributed by atoms with Crippen LogP contribution in [0.2, 0.25) is 5.02 Å². The zero-order valence-electron chi connectivity index (χ0n) is 14.3. The van der Waals surface area contributed by atoms with E-state index in [1.165, 1.54) is 23.2 Å². The van der Waals surface area contributed by atoms with Gasteiger partial charge in [-0.05, 0) is 63.8 Å². The van der Waals surface area contributed by atoms with Crippen LogP contribution in [0.4, 0.5) is 5.69 Å². The first-order valence-corrected chi connectivity index (χ1v) is 8.48. The van der Waals surface area contributed by atoms with Gasteiger partial charge in [0.2, 0.25) is 0 Å². The van der Waals surface area contributed by atoms with Gasteiger partial charge < -0.3 is 10.2 Å². The molecule has 0 saturated heterocycles. The fourth-order valence-corrected chi connectivity index (χ4v) is 4.11. The highest BCUT2D eigenvalue weighted by Crippen LogP contribution is 2.46. The van der Waals surface area contributed by atoms with E-state index in [1.54, 1.807) is 0 Å². The molecule has 1 aliphatic rings. The van der Waals surface area contributed by atoms with Crippen molar-refractivity contribution >= 4 is 17.3 Å². The molecule has 1 heterocycles. The second kappa shape index (κ2) is 6.18. The molecule has 0 radical (unpaired) electrons. The van der Waals surface area contributed by atoms with E-state index in [9.17, 15) is 0 Å². The molecule has 0 aliphatic carbocycles. The largest absolute Gasteiger partial charge is 0.364 e. The number of anilines is 1. The molecule has 118 valence electrons. The third-order valence-corrected chi connectivity index (χ3v) is 4.88. The van der Waals surface area contributed by atoms with Crippen LogP contribution in [0.15, 0.2) is 12.1 Å². The van der Waals surface area contributed by atoms with Crippen molar-refractivity contribution < 1.29 is 0 Å². The number of hydrogen-bond donors (Lipinski definition) is 1. The Labute approximate surface area is 134 Å². The van der Waals surface area contributed by atoms with Crippen molar-refractivity contribution in [3.63, 3.8) is 0 Å². The molecule has 0 fully saturated rings. The highest BCUT2D eigenvalue weighted by Gasteiger charge is 2.38. The molecular weight excluding hydrogens is 280 g/mol. The van der Waals surface area contributed by atoms with Crippen molar-refractivity contribution in [3.8, 4) is 0 Å². The number of rotatable bonds is 4. The topological polar surface area (TPSA) is 15.3 Å². The number of nitrogens with one attached hydrogen (secondary N) is 1. The smallest absolute Gasteiger partial charge is 0.0471 e.